The number of hydrogen-bond acceptors (Lipinski definition) is 0. The molecule has 0 bridgehead atoms. The molecule has 0 amide bonds. The van der Waals surface area contributed by atoms with Crippen LogP contribution in [0.5, 0.6) is 0 Å². The van der Waals surface area contributed by atoms with Crippen LogP contribution in [-0.2, 0) is 5.41 Å². The van der Waals surface area contributed by atoms with Gasteiger partial charge in [0.15, 0.2) is 0 Å². The molecule has 0 fully saturated rings. The van der Waals surface area contributed by atoms with Gasteiger partial charge in [-0.05, 0) is 122 Å². The molecular weight excluding hydrogens is 833 g/mol. The summed E-state index contributed by atoms with van der Waals surface area (Å²) in [7, 11) is 0. The molecule has 13 rings (SSSR count). The summed E-state index contributed by atoms with van der Waals surface area (Å²) < 4.78 is 4.86. The number of para-hydroxylation sites is 2. The Morgan fingerprint density at radius 3 is 1.16 bits per heavy atom. The summed E-state index contributed by atoms with van der Waals surface area (Å²) in [5.41, 5.74) is 18.6. The normalized spacial score (nSPS) is 11.8. The van der Waals surface area contributed by atoms with Crippen molar-refractivity contribution in [3.05, 3.63) is 301 Å². The van der Waals surface area contributed by atoms with Gasteiger partial charge >= 0.3 is 0 Å². The summed E-state index contributed by atoms with van der Waals surface area (Å²) in [4.78, 5) is 0. The fourth-order valence-corrected chi connectivity index (χ4v) is 11.1. The summed E-state index contributed by atoms with van der Waals surface area (Å²) in [6, 6.07) is 102. The lowest BCUT2D eigenvalue weighted by atomic mass is 9.65. The summed E-state index contributed by atoms with van der Waals surface area (Å²) in [5.74, 6) is 0. The van der Waals surface area contributed by atoms with E-state index in [4.69, 9.17) is 0 Å². The predicted molar refractivity (Wildman–Crippen MR) is 290 cm³/mol. The van der Waals surface area contributed by atoms with Crippen LogP contribution in [0.1, 0.15) is 22.3 Å². The van der Waals surface area contributed by atoms with Gasteiger partial charge in [-0.3, -0.25) is 0 Å². The molecule has 0 aliphatic rings. The lowest BCUT2D eigenvalue weighted by molar-refractivity contribution is 0.746. The van der Waals surface area contributed by atoms with Crippen molar-refractivity contribution < 1.29 is 0 Å². The maximum Gasteiger partial charge on any atom is 0.0702 e. The third-order valence-electron chi connectivity index (χ3n) is 14.3. The van der Waals surface area contributed by atoms with E-state index in [0.717, 1.165) is 11.4 Å². The van der Waals surface area contributed by atoms with Crippen LogP contribution in [0.25, 0.3) is 88.4 Å². The van der Waals surface area contributed by atoms with Gasteiger partial charge in [-0.25, -0.2) is 0 Å². The van der Waals surface area contributed by atoms with Crippen molar-refractivity contribution in [2.75, 3.05) is 0 Å². The number of aromatic nitrogens is 2. The summed E-state index contributed by atoms with van der Waals surface area (Å²) in [6.07, 6.45) is 0. The molecular formula is C67H46N2. The van der Waals surface area contributed by atoms with Crippen LogP contribution in [-0.4, -0.2) is 9.13 Å². The average molecular weight is 879 g/mol. The second-order valence-corrected chi connectivity index (χ2v) is 18.1. The highest BCUT2D eigenvalue weighted by Gasteiger charge is 2.38. The molecule has 2 heteroatoms. The quantitative estimate of drug-likeness (QED) is 0.128. The van der Waals surface area contributed by atoms with Gasteiger partial charge in [0.05, 0.1) is 27.5 Å². The number of hydrogen-bond donors (Lipinski definition) is 0. The molecule has 69 heavy (non-hydrogen) atoms. The van der Waals surface area contributed by atoms with Crippen molar-refractivity contribution in [3.63, 3.8) is 0 Å². The van der Waals surface area contributed by atoms with Crippen LogP contribution < -0.4 is 0 Å². The van der Waals surface area contributed by atoms with E-state index in [1.807, 2.05) is 0 Å². The van der Waals surface area contributed by atoms with E-state index >= 15 is 0 Å². The van der Waals surface area contributed by atoms with Crippen LogP contribution in [0.4, 0.5) is 0 Å². The van der Waals surface area contributed by atoms with Gasteiger partial charge in [-0.1, -0.05) is 212 Å². The summed E-state index contributed by atoms with van der Waals surface area (Å²) in [6.45, 7) is 0. The largest absolute Gasteiger partial charge is 0.309 e. The van der Waals surface area contributed by atoms with E-state index in [-0.39, 0.29) is 0 Å². The van der Waals surface area contributed by atoms with Gasteiger partial charge < -0.3 is 9.13 Å². The molecule has 0 saturated carbocycles. The molecule has 0 unspecified atom stereocenters. The maximum atomic E-state index is 2.45. The van der Waals surface area contributed by atoms with Crippen LogP contribution >= 0.6 is 0 Å². The molecule has 324 valence electrons. The van der Waals surface area contributed by atoms with Crippen molar-refractivity contribution in [2.24, 2.45) is 0 Å². The van der Waals surface area contributed by atoms with Crippen LogP contribution in [0.3, 0.4) is 0 Å². The molecule has 0 aliphatic carbocycles. The first kappa shape index (κ1) is 40.3. The fourth-order valence-electron chi connectivity index (χ4n) is 11.1. The van der Waals surface area contributed by atoms with E-state index in [1.54, 1.807) is 0 Å². The van der Waals surface area contributed by atoms with Gasteiger partial charge in [-0.2, -0.15) is 0 Å². The van der Waals surface area contributed by atoms with Crippen LogP contribution in [0, 0.1) is 0 Å². The average Bonchev–Trinajstić information content (AvgIpc) is 3.94. The SMILES string of the molecule is c1ccc(-c2cccc(-c3ccc(-n4c5ccccc5c5cc(-c6ccc7c(c6)c6ccc(C(c8ccccc8)(c8ccccc8)c8ccccc8)cc6n7-c6ccccc6)ccc54)cc3)c2)cc1. The van der Waals surface area contributed by atoms with Crippen molar-refractivity contribution in [3.8, 4) is 44.8 Å². The van der Waals surface area contributed by atoms with Gasteiger partial charge in [0.25, 0.3) is 0 Å². The minimum Gasteiger partial charge on any atom is -0.309 e. The number of benzene rings is 11. The lowest BCUT2D eigenvalue weighted by Gasteiger charge is -2.37. The van der Waals surface area contributed by atoms with Crippen LogP contribution in [0.15, 0.2) is 279 Å². The third-order valence-corrected chi connectivity index (χ3v) is 14.3. The van der Waals surface area contributed by atoms with E-state index in [2.05, 4.69) is 288 Å². The predicted octanol–water partition coefficient (Wildman–Crippen LogP) is 17.3. The Labute approximate surface area is 402 Å². The third kappa shape index (κ3) is 6.72. The molecule has 2 nitrogen and oxygen atoms in total. The molecule has 0 aliphatic heterocycles. The van der Waals surface area contributed by atoms with Gasteiger partial charge in [0, 0.05) is 32.9 Å². The lowest BCUT2D eigenvalue weighted by Crippen LogP contribution is -2.31. The Hall–Kier alpha value is -8.98. The first-order chi connectivity index (χ1) is 34.2. The Kier molecular flexibility index (Phi) is 9.77. The molecule has 0 N–H and O–H groups in total. The standard InChI is InChI=1S/C67H46N2/c1-6-19-47(20-7-1)49-21-18-22-50(43-49)48-33-38-58(39-34-48)68-63-32-17-16-31-59(63)61-44-51(35-41-64(61)68)52-36-42-65-62(45-52)60-40-37-56(46-66(60)69(65)57-29-14-5-15-30-57)67(53-23-8-2-9-24-53,54-25-10-3-11-26-54)55-27-12-4-13-28-55/h1-46H. The second-order valence-electron chi connectivity index (χ2n) is 18.1. The number of fused-ring (bicyclic) bond motifs is 6. The molecule has 0 atom stereocenters. The molecule has 0 spiro atoms. The monoisotopic (exact) mass is 878 g/mol. The molecule has 2 heterocycles. The zero-order chi connectivity index (χ0) is 45.7. The molecule has 2 aromatic heterocycles. The van der Waals surface area contributed by atoms with Crippen molar-refractivity contribution in [1.82, 2.24) is 9.13 Å². The highest BCUT2D eigenvalue weighted by Crippen LogP contribution is 2.47. The van der Waals surface area contributed by atoms with E-state index < -0.39 is 5.41 Å². The molecule has 0 radical (unpaired) electrons. The highest BCUT2D eigenvalue weighted by atomic mass is 15.0. The zero-order valence-corrected chi connectivity index (χ0v) is 38.0. The second kappa shape index (κ2) is 16.7. The van der Waals surface area contributed by atoms with Crippen LogP contribution in [0.2, 0.25) is 0 Å². The maximum absolute atomic E-state index is 2.45. The molecule has 0 saturated heterocycles. The van der Waals surface area contributed by atoms with Crippen molar-refractivity contribution in [1.29, 1.82) is 0 Å². The van der Waals surface area contributed by atoms with Gasteiger partial charge in [0.2, 0.25) is 0 Å². The molecule has 11 aromatic carbocycles. The number of rotatable bonds is 9. The minimum absolute atomic E-state index is 0.563. The first-order valence-corrected chi connectivity index (χ1v) is 23.8. The van der Waals surface area contributed by atoms with Gasteiger partial charge in [0.1, 0.15) is 0 Å². The van der Waals surface area contributed by atoms with E-state index in [0.29, 0.717) is 0 Å². The minimum atomic E-state index is -0.563. The highest BCUT2D eigenvalue weighted by molar-refractivity contribution is 6.13. The van der Waals surface area contributed by atoms with Crippen molar-refractivity contribution in [2.45, 2.75) is 5.41 Å². The topological polar surface area (TPSA) is 9.86 Å². The number of nitrogens with zero attached hydrogens (tertiary/aromatic N) is 2. The first-order valence-electron chi connectivity index (χ1n) is 23.8. The van der Waals surface area contributed by atoms with E-state index in [1.165, 1.54) is 99.2 Å². The molecule has 13 aromatic rings. The van der Waals surface area contributed by atoms with E-state index in [9.17, 15) is 0 Å². The Balaban J connectivity index is 0.949. The fraction of sp³-hybridized carbons (Fsp3) is 0.0149. The Morgan fingerprint density at radius 1 is 0.203 bits per heavy atom. The van der Waals surface area contributed by atoms with Crippen molar-refractivity contribution >= 4 is 43.6 Å². The Morgan fingerprint density at radius 2 is 0.594 bits per heavy atom. The zero-order valence-electron chi connectivity index (χ0n) is 38.0. The smallest absolute Gasteiger partial charge is 0.0702 e. The summed E-state index contributed by atoms with van der Waals surface area (Å²) >= 11 is 0. The van der Waals surface area contributed by atoms with Gasteiger partial charge in [-0.15, -0.1) is 0 Å². The Bertz CT molecular complexity index is 3870. The summed E-state index contributed by atoms with van der Waals surface area (Å²) in [5, 5.41) is 4.91.